The van der Waals surface area contributed by atoms with Crippen molar-refractivity contribution in [2.75, 3.05) is 0 Å². The molecular formula is C75H66BN3. The Kier molecular flexibility index (Phi) is 9.84. The van der Waals surface area contributed by atoms with Crippen LogP contribution in [0.15, 0.2) is 182 Å². The van der Waals surface area contributed by atoms with Gasteiger partial charge in [0.25, 0.3) is 6.71 Å². The second-order valence-electron chi connectivity index (χ2n) is 27.2. The Bertz CT molecular complexity index is 4670. The number of rotatable bonds is 3. The number of hydrogen-bond donors (Lipinski definition) is 0. The van der Waals surface area contributed by atoms with Gasteiger partial charge in [-0.3, -0.25) is 4.98 Å². The van der Waals surface area contributed by atoms with E-state index in [1.165, 1.54) is 137 Å². The van der Waals surface area contributed by atoms with Crippen molar-refractivity contribution in [2.24, 2.45) is 0 Å². The van der Waals surface area contributed by atoms with Gasteiger partial charge in [0.1, 0.15) is 0 Å². The SMILES string of the molecule is CC(C)(C)c1ccc(-c2cncc(-c3ccc(C(C)(C)C)cc3)c2-c2cc3c4c(c2)-n2c5ccc6c7ccccc7c7ccccc7c6c5c5cccc(c52)B4c2cc(C(C)(C)C)cc4c5cc(C(C)(C)C)ccc5n-3c24)cc1. The normalized spacial score (nSPS) is 13.5. The third kappa shape index (κ3) is 6.89. The monoisotopic (exact) mass is 1020 g/mol. The molecular weight excluding hydrogens is 954 g/mol. The summed E-state index contributed by atoms with van der Waals surface area (Å²) >= 11 is 0. The molecule has 0 saturated carbocycles. The van der Waals surface area contributed by atoms with E-state index in [1.807, 2.05) is 0 Å². The smallest absolute Gasteiger partial charge is 0.252 e. The molecule has 0 spiro atoms. The van der Waals surface area contributed by atoms with Crippen LogP contribution in [0.4, 0.5) is 0 Å². The molecule has 0 aliphatic carbocycles. The number of hydrogen-bond acceptors (Lipinski definition) is 1. The van der Waals surface area contributed by atoms with Gasteiger partial charge in [0, 0.05) is 78.4 Å². The Morgan fingerprint density at radius 3 is 1.38 bits per heavy atom. The molecule has 15 rings (SSSR count). The van der Waals surface area contributed by atoms with Crippen molar-refractivity contribution >= 4 is 99.0 Å². The summed E-state index contributed by atoms with van der Waals surface area (Å²) in [4.78, 5) is 5.13. The van der Waals surface area contributed by atoms with E-state index >= 15 is 0 Å². The topological polar surface area (TPSA) is 22.8 Å². The first-order chi connectivity index (χ1) is 37.7. The van der Waals surface area contributed by atoms with Gasteiger partial charge in [-0.15, -0.1) is 0 Å². The van der Waals surface area contributed by atoms with Crippen molar-refractivity contribution in [3.63, 3.8) is 0 Å². The van der Waals surface area contributed by atoms with E-state index in [0.29, 0.717) is 0 Å². The maximum absolute atomic E-state index is 5.13. The van der Waals surface area contributed by atoms with Crippen LogP contribution in [0.2, 0.25) is 0 Å². The molecule has 0 bridgehead atoms. The molecule has 2 aliphatic rings. The molecule has 0 saturated heterocycles. The van der Waals surface area contributed by atoms with E-state index in [0.717, 1.165) is 22.3 Å². The second-order valence-corrected chi connectivity index (χ2v) is 27.2. The molecule has 0 radical (unpaired) electrons. The zero-order valence-corrected chi connectivity index (χ0v) is 47.7. The minimum atomic E-state index is -0.0870. The van der Waals surface area contributed by atoms with E-state index in [2.05, 4.69) is 274 Å². The predicted octanol–water partition coefficient (Wildman–Crippen LogP) is 18.1. The molecule has 0 atom stereocenters. The van der Waals surface area contributed by atoms with Crippen LogP contribution in [0.1, 0.15) is 105 Å². The molecule has 0 fully saturated rings. The van der Waals surface area contributed by atoms with Gasteiger partial charge in [-0.2, -0.15) is 0 Å². The zero-order valence-electron chi connectivity index (χ0n) is 47.7. The second kappa shape index (κ2) is 16.2. The van der Waals surface area contributed by atoms with Gasteiger partial charge in [-0.05, 0) is 140 Å². The summed E-state index contributed by atoms with van der Waals surface area (Å²) < 4.78 is 5.35. The number of fused-ring (bicyclic) bond motifs is 17. The van der Waals surface area contributed by atoms with Gasteiger partial charge in [-0.1, -0.05) is 217 Å². The minimum absolute atomic E-state index is 0.0162. The maximum Gasteiger partial charge on any atom is 0.252 e. The lowest BCUT2D eigenvalue weighted by atomic mass is 9.34. The van der Waals surface area contributed by atoms with E-state index in [1.54, 1.807) is 0 Å². The molecule has 0 N–H and O–H groups in total. The fourth-order valence-corrected chi connectivity index (χ4v) is 14.0. The molecule has 3 nitrogen and oxygen atoms in total. The summed E-state index contributed by atoms with van der Waals surface area (Å²) in [5.41, 5.74) is 23.8. The summed E-state index contributed by atoms with van der Waals surface area (Å²) in [6.45, 7) is 27.9. The van der Waals surface area contributed by atoms with Crippen molar-refractivity contribution in [2.45, 2.75) is 105 Å². The summed E-state index contributed by atoms with van der Waals surface area (Å²) in [7, 11) is 0. The molecule has 4 heteroatoms. The highest BCUT2D eigenvalue weighted by Gasteiger charge is 2.42. The van der Waals surface area contributed by atoms with E-state index in [-0.39, 0.29) is 28.4 Å². The van der Waals surface area contributed by atoms with Crippen LogP contribution >= 0.6 is 0 Å². The summed E-state index contributed by atoms with van der Waals surface area (Å²) in [5, 5.41) is 13.0. The first-order valence-corrected chi connectivity index (χ1v) is 28.6. The lowest BCUT2D eigenvalue weighted by Crippen LogP contribution is -2.59. The fourth-order valence-electron chi connectivity index (χ4n) is 14.0. The number of para-hydroxylation sites is 1. The molecule has 13 aromatic rings. The molecule has 10 aromatic carbocycles. The minimum Gasteiger partial charge on any atom is -0.310 e. The Morgan fingerprint density at radius 1 is 0.342 bits per heavy atom. The summed E-state index contributed by atoms with van der Waals surface area (Å²) in [5.74, 6) is 0. The average Bonchev–Trinajstić information content (AvgIpc) is 4.17. The zero-order chi connectivity index (χ0) is 54.4. The van der Waals surface area contributed by atoms with Crippen LogP contribution in [-0.2, 0) is 21.7 Å². The molecule has 2 aliphatic heterocycles. The third-order valence-corrected chi connectivity index (χ3v) is 18.2. The first kappa shape index (κ1) is 48.0. The fraction of sp³-hybridized carbons (Fsp3) is 0.213. The Balaban J connectivity index is 1.14. The highest BCUT2D eigenvalue weighted by atomic mass is 15.0. The van der Waals surface area contributed by atoms with Crippen LogP contribution in [0.3, 0.4) is 0 Å². The highest BCUT2D eigenvalue weighted by molar-refractivity contribution is 7.00. The molecule has 3 aromatic heterocycles. The van der Waals surface area contributed by atoms with Crippen molar-refractivity contribution < 1.29 is 0 Å². The maximum atomic E-state index is 5.13. The van der Waals surface area contributed by atoms with Gasteiger partial charge in [0.15, 0.2) is 0 Å². The van der Waals surface area contributed by atoms with Crippen molar-refractivity contribution in [3.8, 4) is 44.8 Å². The molecule has 5 heterocycles. The average molecular weight is 1020 g/mol. The van der Waals surface area contributed by atoms with Crippen molar-refractivity contribution in [3.05, 3.63) is 205 Å². The van der Waals surface area contributed by atoms with Crippen LogP contribution in [-0.4, -0.2) is 20.8 Å². The van der Waals surface area contributed by atoms with E-state index in [4.69, 9.17) is 4.98 Å². The van der Waals surface area contributed by atoms with Crippen LogP contribution in [0, 0.1) is 0 Å². The Labute approximate surface area is 464 Å². The number of aromatic nitrogens is 3. The van der Waals surface area contributed by atoms with E-state index in [9.17, 15) is 0 Å². The standard InChI is InChI=1S/C75H66BN3/c1-72(2,3)46-28-24-43(25-29-46)58-41-77-42-59(44-26-30-47(31-27-44)73(4,5)6)66(58)45-36-64-69-65(37-45)79-63-35-33-54-52-20-14-13-18-50(52)51-19-15-16-21-53(51)67(54)68(63)55-22-17-23-60(70(55)79)76(69)61-40-49(75(10,11)12)39-57-56-38-48(74(7,8)9)32-34-62(56)78(64)71(57)61/h13-42H,1-12H3. The predicted molar refractivity (Wildman–Crippen MR) is 341 cm³/mol. The first-order valence-electron chi connectivity index (χ1n) is 28.6. The van der Waals surface area contributed by atoms with Gasteiger partial charge < -0.3 is 9.13 Å². The largest absolute Gasteiger partial charge is 0.310 e. The molecule has 384 valence electrons. The molecule has 0 amide bonds. The van der Waals surface area contributed by atoms with E-state index < -0.39 is 0 Å². The van der Waals surface area contributed by atoms with Gasteiger partial charge in [0.2, 0.25) is 0 Å². The van der Waals surface area contributed by atoms with Crippen molar-refractivity contribution in [1.82, 2.24) is 14.1 Å². The Morgan fingerprint density at radius 2 is 0.810 bits per heavy atom. The number of pyridine rings is 1. The molecule has 79 heavy (non-hydrogen) atoms. The van der Waals surface area contributed by atoms with Gasteiger partial charge in [0.05, 0.1) is 11.0 Å². The summed E-state index contributed by atoms with van der Waals surface area (Å²) in [6.07, 6.45) is 4.23. The number of nitrogens with zero attached hydrogens (tertiary/aromatic N) is 3. The molecule has 0 unspecified atom stereocenters. The van der Waals surface area contributed by atoms with Gasteiger partial charge in [-0.25, -0.2) is 0 Å². The van der Waals surface area contributed by atoms with Gasteiger partial charge >= 0.3 is 0 Å². The van der Waals surface area contributed by atoms with Crippen LogP contribution in [0.25, 0.3) is 121 Å². The lowest BCUT2D eigenvalue weighted by molar-refractivity contribution is 0.590. The number of benzene rings is 10. The summed E-state index contributed by atoms with van der Waals surface area (Å²) in [6, 6.07) is 66.3. The van der Waals surface area contributed by atoms with Crippen LogP contribution in [0.5, 0.6) is 0 Å². The van der Waals surface area contributed by atoms with Crippen molar-refractivity contribution in [1.29, 1.82) is 0 Å². The lowest BCUT2D eigenvalue weighted by Gasteiger charge is -2.35. The quantitative estimate of drug-likeness (QED) is 0.128. The van der Waals surface area contributed by atoms with Crippen LogP contribution < -0.4 is 16.4 Å². The third-order valence-electron chi connectivity index (χ3n) is 18.2. The highest BCUT2D eigenvalue weighted by Crippen LogP contribution is 2.49. The Hall–Kier alpha value is -8.21.